The molecule has 0 unspecified atom stereocenters. The molecule has 1 fully saturated rings. The molecule has 0 aromatic heterocycles. The van der Waals surface area contributed by atoms with Crippen LogP contribution < -0.4 is 5.32 Å². The fourth-order valence-electron chi connectivity index (χ4n) is 2.74. The Bertz CT molecular complexity index is 953. The van der Waals surface area contributed by atoms with Gasteiger partial charge in [-0.25, -0.2) is 0 Å². The molecule has 3 rings (SSSR count). The summed E-state index contributed by atoms with van der Waals surface area (Å²) in [7, 11) is 0. The Morgan fingerprint density at radius 2 is 1.79 bits per heavy atom. The highest BCUT2D eigenvalue weighted by Crippen LogP contribution is 2.33. The highest BCUT2D eigenvalue weighted by Gasteiger charge is 2.35. The SMILES string of the molecule is CC(C)c1ccc(/C=C2\SC(=O)N(CNc3cccc(C(F)(F)F)c3)C2=O)cc1. The van der Waals surface area contributed by atoms with Gasteiger partial charge < -0.3 is 5.32 Å². The van der Waals surface area contributed by atoms with Gasteiger partial charge in [-0.1, -0.05) is 44.2 Å². The van der Waals surface area contributed by atoms with Gasteiger partial charge in [-0.15, -0.1) is 0 Å². The van der Waals surface area contributed by atoms with E-state index in [9.17, 15) is 22.8 Å². The maximum atomic E-state index is 12.8. The van der Waals surface area contributed by atoms with E-state index in [4.69, 9.17) is 0 Å². The van der Waals surface area contributed by atoms with Crippen LogP contribution in [0, 0.1) is 0 Å². The fourth-order valence-corrected chi connectivity index (χ4v) is 3.58. The molecule has 1 aliphatic rings. The Balaban J connectivity index is 1.69. The molecule has 1 heterocycles. The van der Waals surface area contributed by atoms with Gasteiger partial charge in [0.25, 0.3) is 11.1 Å². The molecule has 29 heavy (non-hydrogen) atoms. The predicted molar refractivity (Wildman–Crippen MR) is 108 cm³/mol. The number of imide groups is 1. The third kappa shape index (κ3) is 5.00. The van der Waals surface area contributed by atoms with Crippen LogP contribution in [0.25, 0.3) is 6.08 Å². The number of hydrogen-bond acceptors (Lipinski definition) is 4. The summed E-state index contributed by atoms with van der Waals surface area (Å²) in [5.41, 5.74) is 1.33. The van der Waals surface area contributed by atoms with Crippen LogP contribution in [0.15, 0.2) is 53.4 Å². The topological polar surface area (TPSA) is 49.4 Å². The lowest BCUT2D eigenvalue weighted by Crippen LogP contribution is -2.33. The Labute approximate surface area is 170 Å². The van der Waals surface area contributed by atoms with E-state index in [-0.39, 0.29) is 17.3 Å². The largest absolute Gasteiger partial charge is 0.416 e. The molecule has 8 heteroatoms. The summed E-state index contributed by atoms with van der Waals surface area (Å²) in [6.07, 6.45) is -2.83. The van der Waals surface area contributed by atoms with Gasteiger partial charge in [0.05, 0.1) is 17.1 Å². The van der Waals surface area contributed by atoms with E-state index >= 15 is 0 Å². The molecule has 0 aliphatic carbocycles. The van der Waals surface area contributed by atoms with Gasteiger partial charge in [0.15, 0.2) is 0 Å². The van der Waals surface area contributed by atoms with Crippen molar-refractivity contribution in [3.05, 3.63) is 70.1 Å². The van der Waals surface area contributed by atoms with E-state index in [0.29, 0.717) is 5.92 Å². The van der Waals surface area contributed by atoms with Crippen molar-refractivity contribution in [3.8, 4) is 0 Å². The van der Waals surface area contributed by atoms with Gasteiger partial charge >= 0.3 is 6.18 Å². The number of hydrogen-bond donors (Lipinski definition) is 1. The van der Waals surface area contributed by atoms with Crippen LogP contribution in [0.5, 0.6) is 0 Å². The van der Waals surface area contributed by atoms with Crippen molar-refractivity contribution >= 4 is 34.7 Å². The number of benzene rings is 2. The first-order valence-electron chi connectivity index (χ1n) is 8.91. The Hall–Kier alpha value is -2.74. The minimum atomic E-state index is -4.46. The number of rotatable bonds is 5. The van der Waals surface area contributed by atoms with Crippen LogP contribution in [-0.2, 0) is 11.0 Å². The zero-order valence-corrected chi connectivity index (χ0v) is 16.6. The standard InChI is InChI=1S/C21H19F3N2O2S/c1-13(2)15-8-6-14(7-9-15)10-18-19(27)26(20(28)29-18)12-25-17-5-3-4-16(11-17)21(22,23)24/h3-11,13,25H,12H2,1-2H3/b18-10-. The first-order valence-corrected chi connectivity index (χ1v) is 9.73. The molecular formula is C21H19F3N2O2S. The molecule has 1 saturated heterocycles. The molecule has 2 aromatic rings. The zero-order chi connectivity index (χ0) is 21.2. The fraction of sp³-hybridized carbons (Fsp3) is 0.238. The van der Waals surface area contributed by atoms with Gasteiger partial charge in [-0.2, -0.15) is 13.2 Å². The smallest absolute Gasteiger partial charge is 0.367 e. The summed E-state index contributed by atoms with van der Waals surface area (Å²) in [4.78, 5) is 26.0. The summed E-state index contributed by atoms with van der Waals surface area (Å²) < 4.78 is 38.4. The van der Waals surface area contributed by atoms with Crippen LogP contribution >= 0.6 is 11.8 Å². The van der Waals surface area contributed by atoms with Crippen molar-refractivity contribution in [2.75, 3.05) is 12.0 Å². The van der Waals surface area contributed by atoms with Crippen molar-refractivity contribution < 1.29 is 22.8 Å². The van der Waals surface area contributed by atoms with Crippen LogP contribution in [0.4, 0.5) is 23.7 Å². The molecule has 0 bridgehead atoms. The minimum absolute atomic E-state index is 0.173. The molecular weight excluding hydrogens is 401 g/mol. The molecule has 0 atom stereocenters. The highest BCUT2D eigenvalue weighted by atomic mass is 32.2. The van der Waals surface area contributed by atoms with Gasteiger partial charge in [0.2, 0.25) is 0 Å². The number of nitrogens with one attached hydrogen (secondary N) is 1. The Morgan fingerprint density at radius 1 is 1.10 bits per heavy atom. The molecule has 0 radical (unpaired) electrons. The lowest BCUT2D eigenvalue weighted by Gasteiger charge is -2.15. The molecule has 2 aromatic carbocycles. The quantitative estimate of drug-likeness (QED) is 0.609. The van der Waals surface area contributed by atoms with Gasteiger partial charge in [-0.3, -0.25) is 14.5 Å². The van der Waals surface area contributed by atoms with Crippen molar-refractivity contribution in [2.45, 2.75) is 25.9 Å². The van der Waals surface area contributed by atoms with E-state index in [1.807, 2.05) is 24.3 Å². The summed E-state index contributed by atoms with van der Waals surface area (Å²) in [6.45, 7) is 3.95. The molecule has 0 saturated carbocycles. The third-order valence-electron chi connectivity index (χ3n) is 4.41. The Kier molecular flexibility index (Phi) is 6.02. The highest BCUT2D eigenvalue weighted by molar-refractivity contribution is 8.18. The molecule has 4 nitrogen and oxygen atoms in total. The number of carbonyl (C=O) groups is 2. The average Bonchev–Trinajstić information content (AvgIpc) is 2.93. The second-order valence-electron chi connectivity index (χ2n) is 6.84. The maximum Gasteiger partial charge on any atom is 0.416 e. The third-order valence-corrected chi connectivity index (χ3v) is 5.31. The van der Waals surface area contributed by atoms with Crippen LogP contribution in [0.3, 0.4) is 0 Å². The molecule has 1 aliphatic heterocycles. The van der Waals surface area contributed by atoms with Crippen molar-refractivity contribution in [2.24, 2.45) is 0 Å². The van der Waals surface area contributed by atoms with Crippen molar-refractivity contribution in [1.82, 2.24) is 4.90 Å². The van der Waals surface area contributed by atoms with Crippen molar-refractivity contribution in [3.63, 3.8) is 0 Å². The van der Waals surface area contributed by atoms with E-state index in [2.05, 4.69) is 19.2 Å². The molecule has 1 N–H and O–H groups in total. The Morgan fingerprint density at radius 3 is 2.41 bits per heavy atom. The molecule has 2 amide bonds. The van der Waals surface area contributed by atoms with Gasteiger partial charge in [0.1, 0.15) is 0 Å². The van der Waals surface area contributed by atoms with Crippen LogP contribution in [-0.4, -0.2) is 22.7 Å². The number of carbonyl (C=O) groups excluding carboxylic acids is 2. The van der Waals surface area contributed by atoms with Crippen molar-refractivity contribution in [1.29, 1.82) is 0 Å². The molecule has 152 valence electrons. The van der Waals surface area contributed by atoms with E-state index in [0.717, 1.165) is 34.4 Å². The molecule has 0 spiro atoms. The second-order valence-corrected chi connectivity index (χ2v) is 7.84. The monoisotopic (exact) mass is 420 g/mol. The average molecular weight is 420 g/mol. The second kappa shape index (κ2) is 8.32. The van der Waals surface area contributed by atoms with Gasteiger partial charge in [0, 0.05) is 5.69 Å². The first kappa shape index (κ1) is 21.0. The number of halogens is 3. The van der Waals surface area contributed by atoms with E-state index in [1.54, 1.807) is 6.08 Å². The number of thioether (sulfide) groups is 1. The maximum absolute atomic E-state index is 12.8. The van der Waals surface area contributed by atoms with E-state index < -0.39 is 22.9 Å². The zero-order valence-electron chi connectivity index (χ0n) is 15.8. The van der Waals surface area contributed by atoms with E-state index in [1.165, 1.54) is 17.7 Å². The summed E-state index contributed by atoms with van der Waals surface area (Å²) >= 11 is 0.808. The number of anilines is 1. The predicted octanol–water partition coefficient (Wildman–Crippen LogP) is 5.93. The number of nitrogens with zero attached hydrogens (tertiary/aromatic N) is 1. The summed E-state index contributed by atoms with van der Waals surface area (Å²) in [5.74, 6) is -0.0920. The summed E-state index contributed by atoms with van der Waals surface area (Å²) in [5, 5.41) is 2.24. The lowest BCUT2D eigenvalue weighted by molar-refractivity contribution is -0.137. The lowest BCUT2D eigenvalue weighted by atomic mass is 10.0. The number of alkyl halides is 3. The van der Waals surface area contributed by atoms with Crippen LogP contribution in [0.2, 0.25) is 0 Å². The summed E-state index contributed by atoms with van der Waals surface area (Å²) in [6, 6.07) is 12.3. The number of amides is 2. The van der Waals surface area contributed by atoms with Crippen LogP contribution in [0.1, 0.15) is 36.5 Å². The normalized spacial score (nSPS) is 16.2. The minimum Gasteiger partial charge on any atom is -0.367 e. The first-order chi connectivity index (χ1) is 13.6. The van der Waals surface area contributed by atoms with Gasteiger partial charge in [-0.05, 0) is 53.1 Å².